The second kappa shape index (κ2) is 8.19. The molecule has 2 rings (SSSR count). The molecule has 1 amide bonds. The zero-order chi connectivity index (χ0) is 16.1. The molecule has 1 heterocycles. The van der Waals surface area contributed by atoms with E-state index in [9.17, 15) is 4.79 Å². The first-order chi connectivity index (χ1) is 10.5. The van der Waals surface area contributed by atoms with Gasteiger partial charge in [0.2, 0.25) is 5.91 Å². The molecule has 0 saturated carbocycles. The van der Waals surface area contributed by atoms with Crippen molar-refractivity contribution in [3.8, 4) is 0 Å². The Bertz CT molecular complexity index is 513. The van der Waals surface area contributed by atoms with E-state index in [0.29, 0.717) is 22.4 Å². The SMILES string of the molecule is CC(C)C(CN1CCCC1)NC(=O)Cc1ccc(Cl)c(Cl)c1. The number of nitrogens with zero attached hydrogens (tertiary/aromatic N) is 1. The van der Waals surface area contributed by atoms with Crippen LogP contribution in [0.15, 0.2) is 18.2 Å². The lowest BCUT2D eigenvalue weighted by Crippen LogP contribution is -2.46. The minimum Gasteiger partial charge on any atom is -0.352 e. The van der Waals surface area contributed by atoms with E-state index < -0.39 is 0 Å². The second-order valence-electron chi connectivity index (χ2n) is 6.35. The van der Waals surface area contributed by atoms with Crippen LogP contribution in [-0.2, 0) is 11.2 Å². The summed E-state index contributed by atoms with van der Waals surface area (Å²) in [7, 11) is 0. The Balaban J connectivity index is 1.90. The van der Waals surface area contributed by atoms with Gasteiger partial charge in [0.1, 0.15) is 0 Å². The highest BCUT2D eigenvalue weighted by Crippen LogP contribution is 2.22. The van der Waals surface area contributed by atoms with Gasteiger partial charge in [0.25, 0.3) is 0 Å². The molecule has 22 heavy (non-hydrogen) atoms. The van der Waals surface area contributed by atoms with E-state index >= 15 is 0 Å². The van der Waals surface area contributed by atoms with Gasteiger partial charge in [0.05, 0.1) is 16.5 Å². The zero-order valence-corrected chi connectivity index (χ0v) is 14.8. The topological polar surface area (TPSA) is 32.3 Å². The lowest BCUT2D eigenvalue weighted by atomic mass is 10.0. The van der Waals surface area contributed by atoms with Gasteiger partial charge in [-0.3, -0.25) is 4.79 Å². The number of benzene rings is 1. The van der Waals surface area contributed by atoms with Crippen LogP contribution in [0.5, 0.6) is 0 Å². The van der Waals surface area contributed by atoms with Crippen molar-refractivity contribution in [2.75, 3.05) is 19.6 Å². The molecule has 0 radical (unpaired) electrons. The summed E-state index contributed by atoms with van der Waals surface area (Å²) in [4.78, 5) is 14.7. The molecule has 0 aromatic heterocycles. The summed E-state index contributed by atoms with van der Waals surface area (Å²) in [5.41, 5.74) is 0.885. The maximum Gasteiger partial charge on any atom is 0.224 e. The highest BCUT2D eigenvalue weighted by atomic mass is 35.5. The number of hydrogen-bond acceptors (Lipinski definition) is 2. The number of carbonyl (C=O) groups is 1. The van der Waals surface area contributed by atoms with Gasteiger partial charge in [-0.25, -0.2) is 0 Å². The van der Waals surface area contributed by atoms with Crippen LogP contribution in [0, 0.1) is 5.92 Å². The van der Waals surface area contributed by atoms with Crippen LogP contribution >= 0.6 is 23.2 Å². The van der Waals surface area contributed by atoms with Crippen LogP contribution in [0.4, 0.5) is 0 Å². The number of likely N-dealkylation sites (tertiary alicyclic amines) is 1. The summed E-state index contributed by atoms with van der Waals surface area (Å²) in [6.07, 6.45) is 2.87. The maximum atomic E-state index is 12.3. The number of halogens is 2. The molecular formula is C17H24Cl2N2O. The van der Waals surface area contributed by atoms with E-state index in [2.05, 4.69) is 24.1 Å². The third-order valence-corrected chi connectivity index (χ3v) is 4.89. The van der Waals surface area contributed by atoms with E-state index in [1.165, 1.54) is 12.8 Å². The van der Waals surface area contributed by atoms with Crippen molar-refractivity contribution in [1.82, 2.24) is 10.2 Å². The van der Waals surface area contributed by atoms with Gasteiger partial charge in [0.15, 0.2) is 0 Å². The Morgan fingerprint density at radius 3 is 2.50 bits per heavy atom. The van der Waals surface area contributed by atoms with Crippen molar-refractivity contribution in [3.05, 3.63) is 33.8 Å². The molecule has 1 aliphatic rings. The molecular weight excluding hydrogens is 319 g/mol. The molecule has 1 unspecified atom stereocenters. The van der Waals surface area contributed by atoms with Gasteiger partial charge in [0, 0.05) is 12.6 Å². The molecule has 1 aromatic carbocycles. The molecule has 1 N–H and O–H groups in total. The fraction of sp³-hybridized carbons (Fsp3) is 0.588. The predicted molar refractivity (Wildman–Crippen MR) is 92.6 cm³/mol. The highest BCUT2D eigenvalue weighted by molar-refractivity contribution is 6.42. The van der Waals surface area contributed by atoms with E-state index in [0.717, 1.165) is 25.2 Å². The number of carbonyl (C=O) groups excluding carboxylic acids is 1. The lowest BCUT2D eigenvalue weighted by molar-refractivity contribution is -0.121. The summed E-state index contributed by atoms with van der Waals surface area (Å²) in [5, 5.41) is 4.17. The number of hydrogen-bond donors (Lipinski definition) is 1. The summed E-state index contributed by atoms with van der Waals surface area (Å²) in [5.74, 6) is 0.453. The lowest BCUT2D eigenvalue weighted by Gasteiger charge is -2.27. The van der Waals surface area contributed by atoms with E-state index in [1.807, 2.05) is 6.07 Å². The van der Waals surface area contributed by atoms with Crippen LogP contribution in [0.25, 0.3) is 0 Å². The quantitative estimate of drug-likeness (QED) is 0.853. The summed E-state index contributed by atoms with van der Waals surface area (Å²) < 4.78 is 0. The third kappa shape index (κ3) is 5.15. The molecule has 0 bridgehead atoms. The van der Waals surface area contributed by atoms with E-state index in [1.54, 1.807) is 12.1 Å². The van der Waals surface area contributed by atoms with Gasteiger partial charge in [-0.05, 0) is 49.5 Å². The van der Waals surface area contributed by atoms with Gasteiger partial charge < -0.3 is 10.2 Å². The fourth-order valence-electron chi connectivity index (χ4n) is 2.76. The first-order valence-electron chi connectivity index (χ1n) is 7.91. The Morgan fingerprint density at radius 1 is 1.23 bits per heavy atom. The Morgan fingerprint density at radius 2 is 1.91 bits per heavy atom. The summed E-state index contributed by atoms with van der Waals surface area (Å²) in [6, 6.07) is 5.53. The first kappa shape index (κ1) is 17.6. The number of nitrogens with one attached hydrogen (secondary N) is 1. The van der Waals surface area contributed by atoms with Crippen LogP contribution in [0.2, 0.25) is 10.0 Å². The summed E-state index contributed by atoms with van der Waals surface area (Å²) in [6.45, 7) is 7.53. The van der Waals surface area contributed by atoms with Crippen LogP contribution in [-0.4, -0.2) is 36.5 Å². The minimum absolute atomic E-state index is 0.0382. The zero-order valence-electron chi connectivity index (χ0n) is 13.2. The number of rotatable bonds is 6. The Kier molecular flexibility index (Phi) is 6.54. The van der Waals surface area contributed by atoms with Crippen LogP contribution < -0.4 is 5.32 Å². The molecule has 3 nitrogen and oxygen atoms in total. The Hall–Kier alpha value is -0.770. The second-order valence-corrected chi connectivity index (χ2v) is 7.17. The normalized spacial score (nSPS) is 17.0. The van der Waals surface area contributed by atoms with Crippen molar-refractivity contribution < 1.29 is 4.79 Å². The third-order valence-electron chi connectivity index (χ3n) is 4.15. The van der Waals surface area contributed by atoms with Crippen molar-refractivity contribution in [1.29, 1.82) is 0 Å². The molecule has 0 aliphatic carbocycles. The molecule has 122 valence electrons. The minimum atomic E-state index is 0.0382. The standard InChI is InChI=1S/C17H24Cl2N2O/c1-12(2)16(11-21-7-3-4-8-21)20-17(22)10-13-5-6-14(18)15(19)9-13/h5-6,9,12,16H,3-4,7-8,10-11H2,1-2H3,(H,20,22). The van der Waals surface area contributed by atoms with E-state index in [4.69, 9.17) is 23.2 Å². The molecule has 0 spiro atoms. The van der Waals surface area contributed by atoms with Gasteiger partial charge in [-0.15, -0.1) is 0 Å². The highest BCUT2D eigenvalue weighted by Gasteiger charge is 2.21. The number of amides is 1. The molecule has 5 heteroatoms. The smallest absolute Gasteiger partial charge is 0.224 e. The maximum absolute atomic E-state index is 12.3. The molecule has 1 aliphatic heterocycles. The first-order valence-corrected chi connectivity index (χ1v) is 8.67. The molecule has 1 atom stereocenters. The van der Waals surface area contributed by atoms with Crippen molar-refractivity contribution in [3.63, 3.8) is 0 Å². The summed E-state index contributed by atoms with van der Waals surface area (Å²) >= 11 is 11.9. The van der Waals surface area contributed by atoms with Gasteiger partial charge in [-0.1, -0.05) is 43.1 Å². The Labute approximate surface area is 143 Å². The fourth-order valence-corrected chi connectivity index (χ4v) is 3.08. The predicted octanol–water partition coefficient (Wildman–Crippen LogP) is 3.77. The van der Waals surface area contributed by atoms with Crippen molar-refractivity contribution >= 4 is 29.1 Å². The van der Waals surface area contributed by atoms with Gasteiger partial charge >= 0.3 is 0 Å². The van der Waals surface area contributed by atoms with Crippen LogP contribution in [0.3, 0.4) is 0 Å². The average molecular weight is 343 g/mol. The van der Waals surface area contributed by atoms with Crippen molar-refractivity contribution in [2.24, 2.45) is 5.92 Å². The van der Waals surface area contributed by atoms with Gasteiger partial charge in [-0.2, -0.15) is 0 Å². The van der Waals surface area contributed by atoms with Crippen LogP contribution in [0.1, 0.15) is 32.3 Å². The molecule has 1 aromatic rings. The molecule has 1 saturated heterocycles. The van der Waals surface area contributed by atoms with E-state index in [-0.39, 0.29) is 11.9 Å². The van der Waals surface area contributed by atoms with Crippen molar-refractivity contribution in [2.45, 2.75) is 39.2 Å². The largest absolute Gasteiger partial charge is 0.352 e. The molecule has 1 fully saturated rings. The average Bonchev–Trinajstić information content (AvgIpc) is 2.95. The monoisotopic (exact) mass is 342 g/mol.